The molecule has 3 N–H and O–H groups in total. The molecule has 178 valence electrons. The van der Waals surface area contributed by atoms with Crippen LogP contribution in [0.3, 0.4) is 0 Å². The summed E-state index contributed by atoms with van der Waals surface area (Å²) in [7, 11) is 0. The lowest BCUT2D eigenvalue weighted by atomic mass is 9.88. The van der Waals surface area contributed by atoms with Crippen molar-refractivity contribution in [2.75, 3.05) is 6.61 Å². The number of hydrogen-bond acceptors (Lipinski definition) is 5. The number of carboxylic acids is 1. The molecule has 1 saturated carbocycles. The lowest BCUT2D eigenvalue weighted by Gasteiger charge is -2.33. The maximum absolute atomic E-state index is 12.8. The number of ether oxygens (including phenoxy) is 1. The number of benzene rings is 1. The highest BCUT2D eigenvalue weighted by Crippen LogP contribution is 2.49. The molecule has 1 saturated heterocycles. The van der Waals surface area contributed by atoms with Crippen LogP contribution in [0, 0.1) is 11.8 Å². The van der Waals surface area contributed by atoms with E-state index in [9.17, 15) is 28.2 Å². The molecule has 6 atom stereocenters. The summed E-state index contributed by atoms with van der Waals surface area (Å²) in [4.78, 5) is 10.7. The average Bonchev–Trinajstić information content (AvgIpc) is 3.04. The summed E-state index contributed by atoms with van der Waals surface area (Å²) >= 11 is 1.84. The maximum Gasteiger partial charge on any atom is 0.416 e. The number of fused-ring (bicyclic) bond motifs is 1. The monoisotopic (exact) mass is 474 g/mol. The summed E-state index contributed by atoms with van der Waals surface area (Å²) in [5, 5.41) is 30.2. The summed E-state index contributed by atoms with van der Waals surface area (Å²) in [6.45, 7) is -0.185. The molecule has 0 radical (unpaired) electrons. The van der Waals surface area contributed by atoms with E-state index in [-0.39, 0.29) is 24.7 Å². The van der Waals surface area contributed by atoms with Crippen molar-refractivity contribution in [1.82, 2.24) is 0 Å². The first-order chi connectivity index (χ1) is 15.1. The smallest absolute Gasteiger partial charge is 0.416 e. The van der Waals surface area contributed by atoms with Gasteiger partial charge in [-0.15, -0.1) is 0 Å². The molecule has 0 amide bonds. The van der Waals surface area contributed by atoms with Crippen molar-refractivity contribution in [3.63, 3.8) is 0 Å². The highest BCUT2D eigenvalue weighted by molar-refractivity contribution is 8.00. The van der Waals surface area contributed by atoms with Gasteiger partial charge in [-0.05, 0) is 56.2 Å². The molecule has 1 aromatic carbocycles. The fourth-order valence-electron chi connectivity index (χ4n) is 4.55. The molecule has 2 fully saturated rings. The van der Waals surface area contributed by atoms with E-state index < -0.39 is 29.9 Å². The Morgan fingerprint density at radius 1 is 1.31 bits per heavy atom. The minimum atomic E-state index is -4.46. The van der Waals surface area contributed by atoms with Crippen LogP contribution in [0.4, 0.5) is 13.2 Å². The van der Waals surface area contributed by atoms with Crippen LogP contribution >= 0.6 is 11.8 Å². The van der Waals surface area contributed by atoms with Gasteiger partial charge in [0.05, 0.1) is 11.7 Å². The van der Waals surface area contributed by atoms with Crippen molar-refractivity contribution in [3.8, 4) is 5.75 Å². The lowest BCUT2D eigenvalue weighted by molar-refractivity contribution is -0.138. The van der Waals surface area contributed by atoms with E-state index in [1.165, 1.54) is 12.1 Å². The number of rotatable bonds is 9. The largest absolute Gasteiger partial charge is 0.491 e. The van der Waals surface area contributed by atoms with Crippen molar-refractivity contribution in [2.24, 2.45) is 11.8 Å². The first kappa shape index (κ1) is 24.9. The molecule has 1 aliphatic carbocycles. The lowest BCUT2D eigenvalue weighted by Crippen LogP contribution is -2.27. The molecular formula is C23H29F3O5S. The fourth-order valence-corrected chi connectivity index (χ4v) is 6.45. The van der Waals surface area contributed by atoms with E-state index in [0.29, 0.717) is 29.3 Å². The molecule has 0 bridgehead atoms. The van der Waals surface area contributed by atoms with E-state index in [4.69, 9.17) is 9.84 Å². The van der Waals surface area contributed by atoms with E-state index in [0.717, 1.165) is 31.4 Å². The first-order valence-corrected chi connectivity index (χ1v) is 11.8. The van der Waals surface area contributed by atoms with Gasteiger partial charge in [-0.3, -0.25) is 4.79 Å². The normalized spacial score (nSPS) is 29.1. The Labute approximate surface area is 189 Å². The molecule has 5 nitrogen and oxygen atoms in total. The van der Waals surface area contributed by atoms with Gasteiger partial charge in [-0.25, -0.2) is 0 Å². The molecule has 0 aromatic heterocycles. The molecule has 1 aliphatic heterocycles. The van der Waals surface area contributed by atoms with Crippen LogP contribution in [0.25, 0.3) is 0 Å². The second-order valence-electron chi connectivity index (χ2n) is 8.49. The molecule has 32 heavy (non-hydrogen) atoms. The molecule has 3 rings (SSSR count). The molecule has 0 unspecified atom stereocenters. The summed E-state index contributed by atoms with van der Waals surface area (Å²) in [6.07, 6.45) is 1.67. The number of aliphatic carboxylic acids is 1. The molecule has 1 heterocycles. The highest BCUT2D eigenvalue weighted by Gasteiger charge is 2.44. The Kier molecular flexibility index (Phi) is 8.52. The average molecular weight is 475 g/mol. The Morgan fingerprint density at radius 3 is 2.81 bits per heavy atom. The SMILES string of the molecule is O=C(O)CCC[C@H]1CC[C@@H]2[C@@H](C=C[C@@H](O)COc3cccc(C(F)(F)F)c3)[C@H](O)C[C@@H]2S1. The fraction of sp³-hybridized carbons (Fsp3) is 0.609. The van der Waals surface area contributed by atoms with Gasteiger partial charge >= 0.3 is 12.1 Å². The third kappa shape index (κ3) is 6.89. The predicted molar refractivity (Wildman–Crippen MR) is 116 cm³/mol. The standard InChI is InChI=1S/C23H29F3O5S/c24-23(25,26)14-3-1-4-16(11-14)31-13-15(27)7-9-18-19-10-8-17(5-2-6-22(29)30)32-21(19)12-20(18)28/h1,3-4,7,9,11,15,17-21,27-28H,2,5-6,8,10,12-13H2,(H,29,30)/t15-,17+,18-,19-,20-,21+/m1/s1. The summed E-state index contributed by atoms with van der Waals surface area (Å²) in [5.74, 6) is -0.541. The zero-order valence-electron chi connectivity index (χ0n) is 17.6. The van der Waals surface area contributed by atoms with E-state index in [1.807, 2.05) is 11.8 Å². The Hall–Kier alpha value is -1.71. The third-order valence-electron chi connectivity index (χ3n) is 6.13. The number of hydrogen-bond donors (Lipinski definition) is 3. The topological polar surface area (TPSA) is 87.0 Å². The summed E-state index contributed by atoms with van der Waals surface area (Å²) in [5.41, 5.74) is -0.809. The molecule has 0 spiro atoms. The molecule has 2 aliphatic rings. The van der Waals surface area contributed by atoms with Crippen molar-refractivity contribution >= 4 is 17.7 Å². The predicted octanol–water partition coefficient (Wildman–Crippen LogP) is 4.52. The Bertz CT molecular complexity index is 800. The second kappa shape index (κ2) is 10.9. The Balaban J connectivity index is 1.48. The summed E-state index contributed by atoms with van der Waals surface area (Å²) < 4.78 is 43.7. The molecule has 9 heteroatoms. The zero-order valence-corrected chi connectivity index (χ0v) is 18.4. The van der Waals surface area contributed by atoms with Crippen LogP contribution in [0.15, 0.2) is 36.4 Å². The number of carboxylic acid groups (broad SMARTS) is 1. The van der Waals surface area contributed by atoms with Gasteiger partial charge in [-0.1, -0.05) is 18.2 Å². The van der Waals surface area contributed by atoms with Crippen LogP contribution in [-0.4, -0.2) is 50.6 Å². The van der Waals surface area contributed by atoms with Crippen LogP contribution in [0.5, 0.6) is 5.75 Å². The molecule has 1 aromatic rings. The second-order valence-corrected chi connectivity index (χ2v) is 10.0. The van der Waals surface area contributed by atoms with Crippen LogP contribution in [0.1, 0.15) is 44.1 Å². The van der Waals surface area contributed by atoms with Crippen molar-refractivity contribution in [2.45, 2.75) is 67.4 Å². The minimum absolute atomic E-state index is 0.0332. The van der Waals surface area contributed by atoms with Gasteiger partial charge in [0.2, 0.25) is 0 Å². The van der Waals surface area contributed by atoms with Crippen molar-refractivity contribution in [1.29, 1.82) is 0 Å². The van der Waals surface area contributed by atoms with Gasteiger partial charge in [0.1, 0.15) is 18.5 Å². The van der Waals surface area contributed by atoms with Gasteiger partial charge in [0.15, 0.2) is 0 Å². The van der Waals surface area contributed by atoms with Crippen LogP contribution in [0.2, 0.25) is 0 Å². The van der Waals surface area contributed by atoms with E-state index >= 15 is 0 Å². The number of halogens is 3. The van der Waals surface area contributed by atoms with Gasteiger partial charge in [0, 0.05) is 22.8 Å². The number of aliphatic hydroxyl groups is 2. The number of alkyl halides is 3. The van der Waals surface area contributed by atoms with Gasteiger partial charge in [-0.2, -0.15) is 24.9 Å². The number of aliphatic hydroxyl groups excluding tert-OH is 2. The maximum atomic E-state index is 12.8. The van der Waals surface area contributed by atoms with Gasteiger partial charge in [0.25, 0.3) is 0 Å². The molecular weight excluding hydrogens is 445 g/mol. The highest BCUT2D eigenvalue weighted by atomic mass is 32.2. The van der Waals surface area contributed by atoms with Crippen LogP contribution in [-0.2, 0) is 11.0 Å². The van der Waals surface area contributed by atoms with Gasteiger partial charge < -0.3 is 20.1 Å². The number of thioether (sulfide) groups is 1. The Morgan fingerprint density at radius 2 is 2.09 bits per heavy atom. The van der Waals surface area contributed by atoms with Crippen molar-refractivity contribution in [3.05, 3.63) is 42.0 Å². The third-order valence-corrected chi connectivity index (χ3v) is 7.88. The summed E-state index contributed by atoms with van der Waals surface area (Å²) in [6, 6.07) is 4.52. The van der Waals surface area contributed by atoms with E-state index in [2.05, 4.69) is 0 Å². The first-order valence-electron chi connectivity index (χ1n) is 10.8. The van der Waals surface area contributed by atoms with Crippen molar-refractivity contribution < 1.29 is 38.0 Å². The van der Waals surface area contributed by atoms with E-state index in [1.54, 1.807) is 12.2 Å². The minimum Gasteiger partial charge on any atom is -0.491 e. The quantitative estimate of drug-likeness (QED) is 0.457. The zero-order chi connectivity index (χ0) is 23.3. The number of carbonyl (C=O) groups is 1. The van der Waals surface area contributed by atoms with Crippen LogP contribution < -0.4 is 4.74 Å².